The van der Waals surface area contributed by atoms with E-state index in [-0.39, 0.29) is 5.41 Å². The molecule has 0 amide bonds. The van der Waals surface area contributed by atoms with Gasteiger partial charge in [0, 0.05) is 12.6 Å². The third kappa shape index (κ3) is 4.82. The Balaban J connectivity index is 2.46. The molecule has 96 valence electrons. The zero-order chi connectivity index (χ0) is 13.1. The van der Waals surface area contributed by atoms with Crippen LogP contribution >= 0.6 is 0 Å². The summed E-state index contributed by atoms with van der Waals surface area (Å²) in [5, 5.41) is 3.23. The molecule has 0 aliphatic rings. The smallest absolute Gasteiger partial charge is 0.126 e. The summed E-state index contributed by atoms with van der Waals surface area (Å²) in [6.45, 7) is 10.0. The van der Waals surface area contributed by atoms with E-state index in [9.17, 15) is 8.78 Å². The molecule has 3 heteroatoms. The summed E-state index contributed by atoms with van der Waals surface area (Å²) < 4.78 is 25.9. The van der Waals surface area contributed by atoms with Crippen LogP contribution in [-0.4, -0.2) is 6.54 Å². The van der Waals surface area contributed by atoms with Gasteiger partial charge in [-0.25, -0.2) is 8.78 Å². The molecule has 1 rings (SSSR count). The predicted molar refractivity (Wildman–Crippen MR) is 66.7 cm³/mol. The van der Waals surface area contributed by atoms with Crippen LogP contribution in [0.5, 0.6) is 0 Å². The van der Waals surface area contributed by atoms with E-state index in [1.165, 1.54) is 12.1 Å². The van der Waals surface area contributed by atoms with Crippen molar-refractivity contribution in [3.63, 3.8) is 0 Å². The summed E-state index contributed by atoms with van der Waals surface area (Å²) in [7, 11) is 0. The first-order valence-corrected chi connectivity index (χ1v) is 5.94. The van der Waals surface area contributed by atoms with Gasteiger partial charge in [-0.2, -0.15) is 0 Å². The van der Waals surface area contributed by atoms with Crippen molar-refractivity contribution in [2.75, 3.05) is 6.54 Å². The second-order valence-corrected chi connectivity index (χ2v) is 5.68. The minimum absolute atomic E-state index is 0.236. The Labute approximate surface area is 102 Å². The van der Waals surface area contributed by atoms with Crippen molar-refractivity contribution in [2.24, 2.45) is 11.3 Å². The van der Waals surface area contributed by atoms with Crippen molar-refractivity contribution < 1.29 is 8.78 Å². The van der Waals surface area contributed by atoms with Crippen molar-refractivity contribution in [3.05, 3.63) is 35.4 Å². The Morgan fingerprint density at radius 1 is 1.12 bits per heavy atom. The molecule has 0 bridgehead atoms. The summed E-state index contributed by atoms with van der Waals surface area (Å²) in [4.78, 5) is 0. The molecular weight excluding hydrogens is 220 g/mol. The van der Waals surface area contributed by atoms with Gasteiger partial charge in [-0.3, -0.25) is 0 Å². The molecule has 1 unspecified atom stereocenters. The molecule has 0 heterocycles. The third-order valence-corrected chi connectivity index (χ3v) is 3.18. The van der Waals surface area contributed by atoms with Crippen molar-refractivity contribution in [3.8, 4) is 0 Å². The molecule has 0 aliphatic heterocycles. The van der Waals surface area contributed by atoms with Gasteiger partial charge in [0.15, 0.2) is 0 Å². The minimum Gasteiger partial charge on any atom is -0.312 e. The van der Waals surface area contributed by atoms with E-state index in [0.29, 0.717) is 18.0 Å². The number of rotatable bonds is 4. The SMILES string of the molecule is CC(CNCc1cc(F)cc(F)c1)C(C)(C)C. The maximum atomic E-state index is 12.9. The number of nitrogens with one attached hydrogen (secondary N) is 1. The molecule has 0 aromatic heterocycles. The summed E-state index contributed by atoms with van der Waals surface area (Å²) in [6.07, 6.45) is 0. The van der Waals surface area contributed by atoms with Crippen molar-refractivity contribution in [2.45, 2.75) is 34.2 Å². The third-order valence-electron chi connectivity index (χ3n) is 3.18. The fourth-order valence-electron chi connectivity index (χ4n) is 1.45. The van der Waals surface area contributed by atoms with E-state index in [4.69, 9.17) is 0 Å². The average molecular weight is 241 g/mol. The van der Waals surface area contributed by atoms with Crippen molar-refractivity contribution in [1.82, 2.24) is 5.32 Å². The first-order chi connectivity index (χ1) is 7.79. The largest absolute Gasteiger partial charge is 0.312 e. The second-order valence-electron chi connectivity index (χ2n) is 5.68. The fraction of sp³-hybridized carbons (Fsp3) is 0.571. The first-order valence-electron chi connectivity index (χ1n) is 5.94. The lowest BCUT2D eigenvalue weighted by atomic mass is 9.82. The lowest BCUT2D eigenvalue weighted by Crippen LogP contribution is -2.29. The Hall–Kier alpha value is -0.960. The average Bonchev–Trinajstić information content (AvgIpc) is 2.14. The van der Waals surface area contributed by atoms with E-state index < -0.39 is 11.6 Å². The maximum absolute atomic E-state index is 12.9. The van der Waals surface area contributed by atoms with Crippen molar-refractivity contribution >= 4 is 0 Å². The van der Waals surface area contributed by atoms with Gasteiger partial charge in [-0.05, 0) is 35.6 Å². The van der Waals surface area contributed by atoms with Gasteiger partial charge in [-0.15, -0.1) is 0 Å². The van der Waals surface area contributed by atoms with Crippen LogP contribution in [-0.2, 0) is 6.54 Å². The summed E-state index contributed by atoms with van der Waals surface area (Å²) >= 11 is 0. The van der Waals surface area contributed by atoms with Crippen LogP contribution in [0.4, 0.5) is 8.78 Å². The Morgan fingerprint density at radius 2 is 1.65 bits per heavy atom. The van der Waals surface area contributed by atoms with E-state index in [0.717, 1.165) is 12.6 Å². The van der Waals surface area contributed by atoms with Gasteiger partial charge in [0.1, 0.15) is 11.6 Å². The topological polar surface area (TPSA) is 12.0 Å². The fourth-order valence-corrected chi connectivity index (χ4v) is 1.45. The van der Waals surface area contributed by atoms with Gasteiger partial charge in [0.2, 0.25) is 0 Å². The highest BCUT2D eigenvalue weighted by atomic mass is 19.1. The molecule has 0 radical (unpaired) electrons. The zero-order valence-corrected chi connectivity index (χ0v) is 11.0. The molecule has 1 aromatic carbocycles. The summed E-state index contributed by atoms with van der Waals surface area (Å²) in [5.41, 5.74) is 0.879. The normalized spacial score (nSPS) is 13.8. The van der Waals surface area contributed by atoms with Gasteiger partial charge in [0.25, 0.3) is 0 Å². The van der Waals surface area contributed by atoms with Crippen molar-refractivity contribution in [1.29, 1.82) is 0 Å². The standard InChI is InChI=1S/C14H21F2N/c1-10(14(2,3)4)8-17-9-11-5-12(15)7-13(16)6-11/h5-7,10,17H,8-9H2,1-4H3. The second kappa shape index (κ2) is 5.58. The lowest BCUT2D eigenvalue weighted by molar-refractivity contribution is 0.252. The van der Waals surface area contributed by atoms with Gasteiger partial charge >= 0.3 is 0 Å². The molecule has 1 aromatic rings. The van der Waals surface area contributed by atoms with Crippen LogP contribution in [0.1, 0.15) is 33.3 Å². The molecule has 0 spiro atoms. The van der Waals surface area contributed by atoms with Gasteiger partial charge in [0.05, 0.1) is 0 Å². The van der Waals surface area contributed by atoms with Gasteiger partial charge in [-0.1, -0.05) is 27.7 Å². The maximum Gasteiger partial charge on any atom is 0.126 e. The van der Waals surface area contributed by atoms with Crippen LogP contribution < -0.4 is 5.32 Å². The van der Waals surface area contributed by atoms with Crippen LogP contribution in [0.3, 0.4) is 0 Å². The highest BCUT2D eigenvalue weighted by Gasteiger charge is 2.19. The molecule has 0 aliphatic carbocycles. The number of hydrogen-bond donors (Lipinski definition) is 1. The number of hydrogen-bond acceptors (Lipinski definition) is 1. The van der Waals surface area contributed by atoms with E-state index in [2.05, 4.69) is 33.0 Å². The molecule has 0 saturated carbocycles. The number of benzene rings is 1. The summed E-state index contributed by atoms with van der Waals surface area (Å²) in [6, 6.07) is 3.61. The molecule has 1 atom stereocenters. The predicted octanol–water partition coefficient (Wildman–Crippen LogP) is 3.74. The van der Waals surface area contributed by atoms with Crippen LogP contribution in [0.2, 0.25) is 0 Å². The molecular formula is C14H21F2N. The zero-order valence-electron chi connectivity index (χ0n) is 11.0. The Kier molecular flexibility index (Phi) is 4.63. The number of halogens is 2. The highest BCUT2D eigenvalue weighted by molar-refractivity contribution is 5.17. The quantitative estimate of drug-likeness (QED) is 0.846. The molecule has 0 saturated heterocycles. The Bertz CT molecular complexity index is 349. The van der Waals surface area contributed by atoms with E-state index in [1.807, 2.05) is 0 Å². The van der Waals surface area contributed by atoms with E-state index >= 15 is 0 Å². The molecule has 17 heavy (non-hydrogen) atoms. The van der Waals surface area contributed by atoms with Crippen LogP contribution in [0.25, 0.3) is 0 Å². The van der Waals surface area contributed by atoms with Gasteiger partial charge < -0.3 is 5.32 Å². The summed E-state index contributed by atoms with van der Waals surface area (Å²) in [5.74, 6) is -0.544. The Morgan fingerprint density at radius 3 is 2.12 bits per heavy atom. The van der Waals surface area contributed by atoms with E-state index in [1.54, 1.807) is 0 Å². The highest BCUT2D eigenvalue weighted by Crippen LogP contribution is 2.24. The lowest BCUT2D eigenvalue weighted by Gasteiger charge is -2.27. The van der Waals surface area contributed by atoms with Crippen LogP contribution in [0, 0.1) is 23.0 Å². The monoisotopic (exact) mass is 241 g/mol. The molecule has 1 nitrogen and oxygen atoms in total. The minimum atomic E-state index is -0.523. The van der Waals surface area contributed by atoms with Crippen LogP contribution in [0.15, 0.2) is 18.2 Å². The molecule has 0 fully saturated rings. The molecule has 1 N–H and O–H groups in total. The first kappa shape index (κ1) is 14.1.